The molecule has 0 fully saturated rings. The Labute approximate surface area is 126 Å². The van der Waals surface area contributed by atoms with Gasteiger partial charge in [-0.2, -0.15) is 0 Å². The Bertz CT molecular complexity index is 722. The van der Waals surface area contributed by atoms with Crippen LogP contribution < -0.4 is 4.31 Å². The molecular formula is C16H20N2O2S. The maximum Gasteiger partial charge on any atom is 0.265 e. The molecule has 0 saturated heterocycles. The van der Waals surface area contributed by atoms with Gasteiger partial charge < -0.3 is 0 Å². The first-order chi connectivity index (χ1) is 9.84. The van der Waals surface area contributed by atoms with E-state index < -0.39 is 10.0 Å². The normalized spacial score (nSPS) is 11.7. The highest BCUT2D eigenvalue weighted by Crippen LogP contribution is 2.26. The molecule has 0 aliphatic carbocycles. The van der Waals surface area contributed by atoms with E-state index in [9.17, 15) is 8.42 Å². The molecule has 1 heterocycles. The minimum atomic E-state index is -3.62. The zero-order valence-electron chi connectivity index (χ0n) is 12.7. The first-order valence-corrected chi connectivity index (χ1v) is 8.31. The number of nitrogens with zero attached hydrogens (tertiary/aromatic N) is 2. The minimum absolute atomic E-state index is 0.218. The summed E-state index contributed by atoms with van der Waals surface area (Å²) in [6.45, 7) is 7.49. The largest absolute Gasteiger partial charge is 0.265 e. The summed E-state index contributed by atoms with van der Waals surface area (Å²) in [5, 5.41) is 0. The first-order valence-electron chi connectivity index (χ1n) is 6.87. The molecule has 4 nitrogen and oxygen atoms in total. The van der Waals surface area contributed by atoms with Crippen molar-refractivity contribution in [2.24, 2.45) is 0 Å². The number of hydrogen-bond donors (Lipinski definition) is 0. The number of benzene rings is 1. The van der Waals surface area contributed by atoms with Crippen molar-refractivity contribution >= 4 is 15.8 Å². The molecule has 112 valence electrons. The summed E-state index contributed by atoms with van der Waals surface area (Å²) in [6, 6.07) is 10.3. The van der Waals surface area contributed by atoms with E-state index in [0.717, 1.165) is 11.1 Å². The lowest BCUT2D eigenvalue weighted by Crippen LogP contribution is -2.38. The van der Waals surface area contributed by atoms with Crippen molar-refractivity contribution in [1.29, 1.82) is 0 Å². The van der Waals surface area contributed by atoms with Gasteiger partial charge >= 0.3 is 0 Å². The highest BCUT2D eigenvalue weighted by atomic mass is 32.2. The first kappa shape index (κ1) is 15.5. The van der Waals surface area contributed by atoms with Crippen LogP contribution in [-0.2, 0) is 10.0 Å². The molecule has 0 saturated carbocycles. The molecule has 0 unspecified atom stereocenters. The summed E-state index contributed by atoms with van der Waals surface area (Å²) in [6.07, 6.45) is 1.61. The standard InChI is InChI=1S/C16H20N2O2S/c1-12(2)18(16-14(4)6-5-11-17-16)21(19,20)15-9-7-13(3)8-10-15/h5-12H,1-4H3. The molecule has 2 aromatic rings. The highest BCUT2D eigenvalue weighted by Gasteiger charge is 2.29. The molecule has 1 aromatic carbocycles. The van der Waals surface area contributed by atoms with Gasteiger partial charge in [0, 0.05) is 12.2 Å². The summed E-state index contributed by atoms with van der Waals surface area (Å²) >= 11 is 0. The third-order valence-corrected chi connectivity index (χ3v) is 5.22. The Kier molecular flexibility index (Phi) is 4.32. The molecule has 0 atom stereocenters. The zero-order valence-corrected chi connectivity index (χ0v) is 13.6. The highest BCUT2D eigenvalue weighted by molar-refractivity contribution is 7.92. The molecule has 0 aliphatic rings. The summed E-state index contributed by atoms with van der Waals surface area (Å²) in [5.41, 5.74) is 1.86. The second-order valence-electron chi connectivity index (χ2n) is 5.35. The van der Waals surface area contributed by atoms with Gasteiger partial charge in [0.25, 0.3) is 10.0 Å². The van der Waals surface area contributed by atoms with Crippen LogP contribution in [-0.4, -0.2) is 19.4 Å². The fourth-order valence-corrected chi connectivity index (χ4v) is 3.85. The van der Waals surface area contributed by atoms with E-state index >= 15 is 0 Å². The number of aryl methyl sites for hydroxylation is 2. The van der Waals surface area contributed by atoms with Crippen LogP contribution in [0.3, 0.4) is 0 Å². The van der Waals surface area contributed by atoms with E-state index in [1.807, 2.05) is 33.8 Å². The van der Waals surface area contributed by atoms with Crippen LogP contribution in [0.25, 0.3) is 0 Å². The lowest BCUT2D eigenvalue weighted by Gasteiger charge is -2.28. The third kappa shape index (κ3) is 3.08. The second kappa shape index (κ2) is 5.85. The fourth-order valence-electron chi connectivity index (χ4n) is 2.17. The van der Waals surface area contributed by atoms with Gasteiger partial charge in [-0.3, -0.25) is 0 Å². The van der Waals surface area contributed by atoms with Crippen LogP contribution in [0, 0.1) is 13.8 Å². The zero-order chi connectivity index (χ0) is 15.6. The van der Waals surface area contributed by atoms with E-state index in [4.69, 9.17) is 0 Å². The van der Waals surface area contributed by atoms with Crippen molar-refractivity contribution in [2.45, 2.75) is 38.6 Å². The number of sulfonamides is 1. The average molecular weight is 304 g/mol. The van der Waals surface area contributed by atoms with Gasteiger partial charge in [0.15, 0.2) is 0 Å². The van der Waals surface area contributed by atoms with E-state index in [1.54, 1.807) is 36.5 Å². The van der Waals surface area contributed by atoms with Gasteiger partial charge in [-0.25, -0.2) is 17.7 Å². The lowest BCUT2D eigenvalue weighted by molar-refractivity contribution is 0.583. The number of pyridine rings is 1. The average Bonchev–Trinajstić information content (AvgIpc) is 2.41. The molecule has 0 N–H and O–H groups in total. The van der Waals surface area contributed by atoms with E-state index in [1.165, 1.54) is 4.31 Å². The van der Waals surface area contributed by atoms with Crippen molar-refractivity contribution in [2.75, 3.05) is 4.31 Å². The van der Waals surface area contributed by atoms with E-state index in [2.05, 4.69) is 4.98 Å². The lowest BCUT2D eigenvalue weighted by atomic mass is 10.2. The predicted molar refractivity (Wildman–Crippen MR) is 85.0 cm³/mol. The molecule has 0 aliphatic heterocycles. The number of aromatic nitrogens is 1. The van der Waals surface area contributed by atoms with Crippen LogP contribution in [0.15, 0.2) is 47.5 Å². The number of anilines is 1. The van der Waals surface area contributed by atoms with Crippen LogP contribution in [0.5, 0.6) is 0 Å². The van der Waals surface area contributed by atoms with Crippen LogP contribution in [0.1, 0.15) is 25.0 Å². The smallest absolute Gasteiger partial charge is 0.247 e. The molecule has 1 aromatic heterocycles. The van der Waals surface area contributed by atoms with Crippen LogP contribution >= 0.6 is 0 Å². The van der Waals surface area contributed by atoms with Crippen molar-refractivity contribution < 1.29 is 8.42 Å². The molecule has 0 spiro atoms. The predicted octanol–water partition coefficient (Wildman–Crippen LogP) is 3.30. The maximum absolute atomic E-state index is 12.9. The molecule has 0 amide bonds. The maximum atomic E-state index is 12.9. The Balaban J connectivity index is 2.57. The number of rotatable bonds is 4. The summed E-state index contributed by atoms with van der Waals surface area (Å²) in [4.78, 5) is 4.54. The Hall–Kier alpha value is -1.88. The summed E-state index contributed by atoms with van der Waals surface area (Å²) in [7, 11) is -3.62. The topological polar surface area (TPSA) is 50.3 Å². The van der Waals surface area contributed by atoms with Gasteiger partial charge in [0.2, 0.25) is 0 Å². The molecule has 0 radical (unpaired) electrons. The van der Waals surface area contributed by atoms with Gasteiger partial charge in [-0.1, -0.05) is 23.8 Å². The van der Waals surface area contributed by atoms with Crippen molar-refractivity contribution in [3.8, 4) is 0 Å². The van der Waals surface area contributed by atoms with Gasteiger partial charge in [0.1, 0.15) is 5.82 Å². The van der Waals surface area contributed by atoms with Crippen LogP contribution in [0.4, 0.5) is 5.82 Å². The van der Waals surface area contributed by atoms with Gasteiger partial charge in [-0.15, -0.1) is 0 Å². The van der Waals surface area contributed by atoms with Crippen molar-refractivity contribution in [3.05, 3.63) is 53.7 Å². The SMILES string of the molecule is Cc1ccc(S(=O)(=O)N(c2ncccc2C)C(C)C)cc1. The quantitative estimate of drug-likeness (QED) is 0.871. The third-order valence-electron chi connectivity index (χ3n) is 3.24. The Morgan fingerprint density at radius 3 is 2.19 bits per heavy atom. The second-order valence-corrected chi connectivity index (χ2v) is 7.17. The molecular weight excluding hydrogens is 284 g/mol. The Morgan fingerprint density at radius 1 is 1.05 bits per heavy atom. The van der Waals surface area contributed by atoms with Gasteiger partial charge in [0.05, 0.1) is 4.90 Å². The van der Waals surface area contributed by atoms with Crippen molar-refractivity contribution in [1.82, 2.24) is 4.98 Å². The molecule has 5 heteroatoms. The van der Waals surface area contributed by atoms with E-state index in [-0.39, 0.29) is 10.9 Å². The molecule has 21 heavy (non-hydrogen) atoms. The van der Waals surface area contributed by atoms with E-state index in [0.29, 0.717) is 5.82 Å². The van der Waals surface area contributed by atoms with Crippen molar-refractivity contribution in [3.63, 3.8) is 0 Å². The summed E-state index contributed by atoms with van der Waals surface area (Å²) in [5.74, 6) is 0.480. The summed E-state index contributed by atoms with van der Waals surface area (Å²) < 4.78 is 27.2. The monoisotopic (exact) mass is 304 g/mol. The molecule has 2 rings (SSSR count). The number of hydrogen-bond acceptors (Lipinski definition) is 3. The fraction of sp³-hybridized carbons (Fsp3) is 0.312. The molecule has 0 bridgehead atoms. The minimum Gasteiger partial charge on any atom is -0.247 e. The van der Waals surface area contributed by atoms with Crippen LogP contribution in [0.2, 0.25) is 0 Å². The van der Waals surface area contributed by atoms with Gasteiger partial charge in [-0.05, 0) is 51.5 Å². The Morgan fingerprint density at radius 2 is 1.67 bits per heavy atom.